The van der Waals surface area contributed by atoms with Crippen LogP contribution in [0.2, 0.25) is 0 Å². The molecular weight excluding hydrogens is 380 g/mol. The highest BCUT2D eigenvalue weighted by molar-refractivity contribution is 5.38. The highest BCUT2D eigenvalue weighted by Crippen LogP contribution is 2.20. The number of azo groups is 1. The van der Waals surface area contributed by atoms with Gasteiger partial charge in [0.05, 0.1) is 0 Å². The van der Waals surface area contributed by atoms with Gasteiger partial charge in [-0.2, -0.15) is 0 Å². The zero-order valence-corrected chi connectivity index (χ0v) is 19.8. The Morgan fingerprint density at radius 3 is 1.48 bits per heavy atom. The molecule has 0 saturated heterocycles. The lowest BCUT2D eigenvalue weighted by molar-refractivity contribution is -0.435. The van der Waals surface area contributed by atoms with Crippen LogP contribution in [0.3, 0.4) is 0 Å². The van der Waals surface area contributed by atoms with E-state index >= 15 is 0 Å². The second-order valence-electron chi connectivity index (χ2n) is 8.74. The molecule has 0 heterocycles. The molecule has 3 heteroatoms. The van der Waals surface area contributed by atoms with Crippen LogP contribution in [-0.4, -0.2) is 4.86 Å². The van der Waals surface area contributed by atoms with Crippen molar-refractivity contribution in [1.82, 2.24) is 0 Å². The van der Waals surface area contributed by atoms with Gasteiger partial charge in [-0.05, 0) is 48.9 Å². The summed E-state index contributed by atoms with van der Waals surface area (Å²) >= 11 is 0. The molecule has 0 atom stereocenters. The highest BCUT2D eigenvalue weighted by atomic mass is 16.5. The van der Waals surface area contributed by atoms with E-state index < -0.39 is 0 Å². The van der Waals surface area contributed by atoms with Crippen LogP contribution in [0.1, 0.15) is 102 Å². The fraction of sp³-hybridized carbons (Fsp3) is 0.571. The molecular formula is C28H42N2O. The van der Waals surface area contributed by atoms with Crippen LogP contribution < -0.4 is 0 Å². The Kier molecular flexibility index (Phi) is 12.6. The van der Waals surface area contributed by atoms with Gasteiger partial charge in [0.25, 0.3) is 0 Å². The van der Waals surface area contributed by atoms with E-state index in [4.69, 9.17) is 0 Å². The van der Waals surface area contributed by atoms with Gasteiger partial charge in [0.2, 0.25) is 5.69 Å². The Hall–Kier alpha value is -2.16. The van der Waals surface area contributed by atoms with Crippen LogP contribution in [-0.2, 0) is 12.8 Å². The molecule has 0 amide bonds. The molecule has 2 aromatic carbocycles. The van der Waals surface area contributed by atoms with Crippen molar-refractivity contribution < 1.29 is 4.86 Å². The predicted octanol–water partition coefficient (Wildman–Crippen LogP) is 9.42. The van der Waals surface area contributed by atoms with Crippen molar-refractivity contribution in [2.75, 3.05) is 0 Å². The van der Waals surface area contributed by atoms with E-state index in [1.54, 1.807) is 0 Å². The summed E-state index contributed by atoms with van der Waals surface area (Å²) in [6, 6.07) is 16.0. The molecule has 0 spiro atoms. The van der Waals surface area contributed by atoms with Crippen LogP contribution in [0.15, 0.2) is 53.6 Å². The largest absolute Gasteiger partial charge is 0.594 e. The van der Waals surface area contributed by atoms with E-state index in [2.05, 4.69) is 43.2 Å². The molecule has 0 aliphatic heterocycles. The van der Waals surface area contributed by atoms with E-state index in [0.717, 1.165) is 17.7 Å². The van der Waals surface area contributed by atoms with Crippen LogP contribution >= 0.6 is 0 Å². The van der Waals surface area contributed by atoms with Crippen molar-refractivity contribution >= 4 is 11.4 Å². The lowest BCUT2D eigenvalue weighted by Gasteiger charge is -2.04. The lowest BCUT2D eigenvalue weighted by Crippen LogP contribution is -1.92. The van der Waals surface area contributed by atoms with E-state index in [9.17, 15) is 5.21 Å². The third-order valence-electron chi connectivity index (χ3n) is 5.94. The summed E-state index contributed by atoms with van der Waals surface area (Å²) in [5, 5.41) is 16.6. The Bertz CT molecular complexity index is 735. The topological polar surface area (TPSA) is 38.4 Å². The molecule has 0 bridgehead atoms. The fourth-order valence-electron chi connectivity index (χ4n) is 3.90. The average Bonchev–Trinajstić information content (AvgIpc) is 2.80. The molecule has 0 fully saturated rings. The van der Waals surface area contributed by atoms with E-state index in [0.29, 0.717) is 11.4 Å². The first-order valence-electron chi connectivity index (χ1n) is 12.6. The van der Waals surface area contributed by atoms with Gasteiger partial charge in [0.1, 0.15) is 5.69 Å². The maximum absolute atomic E-state index is 12.4. The number of benzene rings is 2. The number of hydrogen-bond donors (Lipinski definition) is 0. The molecule has 0 aromatic heterocycles. The zero-order chi connectivity index (χ0) is 22.2. The molecule has 170 valence electrons. The van der Waals surface area contributed by atoms with Crippen molar-refractivity contribution in [3.8, 4) is 0 Å². The first kappa shape index (κ1) is 25.1. The van der Waals surface area contributed by atoms with Crippen LogP contribution in [0.5, 0.6) is 0 Å². The number of hydrogen-bond acceptors (Lipinski definition) is 2. The van der Waals surface area contributed by atoms with Crippen LogP contribution in [0.4, 0.5) is 11.4 Å². The first-order chi connectivity index (χ1) is 15.2. The van der Waals surface area contributed by atoms with Crippen molar-refractivity contribution in [2.45, 2.75) is 104 Å². The molecule has 2 rings (SSSR count). The Labute approximate surface area is 190 Å². The molecule has 0 unspecified atom stereocenters. The first-order valence-corrected chi connectivity index (χ1v) is 12.6. The molecule has 0 aliphatic carbocycles. The van der Waals surface area contributed by atoms with Gasteiger partial charge in [-0.1, -0.05) is 107 Å². The minimum atomic E-state index is 0.586. The molecule has 0 radical (unpaired) electrons. The normalized spacial score (nSPS) is 11.7. The van der Waals surface area contributed by atoms with Gasteiger partial charge >= 0.3 is 0 Å². The second kappa shape index (κ2) is 15.6. The Balaban J connectivity index is 1.76. The lowest BCUT2D eigenvalue weighted by atomic mass is 10.0. The highest BCUT2D eigenvalue weighted by Gasteiger charge is 2.05. The van der Waals surface area contributed by atoms with Gasteiger partial charge < -0.3 is 5.21 Å². The van der Waals surface area contributed by atoms with Crippen molar-refractivity contribution in [3.63, 3.8) is 0 Å². The summed E-state index contributed by atoms with van der Waals surface area (Å²) < 4.78 is 0. The smallest absolute Gasteiger partial charge is 0.244 e. The average molecular weight is 423 g/mol. The minimum absolute atomic E-state index is 0.586. The summed E-state index contributed by atoms with van der Waals surface area (Å²) in [6.07, 6.45) is 17.9. The summed E-state index contributed by atoms with van der Waals surface area (Å²) in [5.41, 5.74) is 3.92. The van der Waals surface area contributed by atoms with E-state index in [-0.39, 0.29) is 0 Å². The third kappa shape index (κ3) is 10.6. The predicted molar refractivity (Wildman–Crippen MR) is 132 cm³/mol. The zero-order valence-electron chi connectivity index (χ0n) is 19.8. The Morgan fingerprint density at radius 2 is 1.00 bits per heavy atom. The summed E-state index contributed by atoms with van der Waals surface area (Å²) in [5.74, 6) is 0. The molecule has 2 aromatic rings. The molecule has 0 aliphatic rings. The Morgan fingerprint density at radius 1 is 0.581 bits per heavy atom. The maximum Gasteiger partial charge on any atom is 0.244 e. The summed E-state index contributed by atoms with van der Waals surface area (Å²) in [7, 11) is 0. The maximum atomic E-state index is 12.4. The summed E-state index contributed by atoms with van der Waals surface area (Å²) in [6.45, 7) is 4.50. The number of unbranched alkanes of at least 4 members (excludes halogenated alkanes) is 10. The molecule has 0 saturated carbocycles. The quantitative estimate of drug-likeness (QED) is 0.115. The van der Waals surface area contributed by atoms with Gasteiger partial charge in [0, 0.05) is 17.2 Å². The standard InChI is InChI=1S/C28H42N2O/c1-3-5-7-9-11-13-15-25-17-21-27(22-18-25)29-30(31)28-23-19-26(20-24-28)16-14-12-10-8-6-4-2/h17-24H,3-16H2,1-2H3. The SMILES string of the molecule is CCCCCCCCc1ccc(N=[N+]([O-])c2ccc(CCCCCCCC)cc2)cc1. The van der Waals surface area contributed by atoms with Crippen molar-refractivity contribution in [2.24, 2.45) is 5.11 Å². The van der Waals surface area contributed by atoms with Gasteiger partial charge in [0.15, 0.2) is 0 Å². The molecule has 0 N–H and O–H groups in total. The van der Waals surface area contributed by atoms with Gasteiger partial charge in [-0.15, -0.1) is 0 Å². The third-order valence-corrected chi connectivity index (χ3v) is 5.94. The van der Waals surface area contributed by atoms with Crippen LogP contribution in [0, 0.1) is 5.21 Å². The second-order valence-corrected chi connectivity index (χ2v) is 8.74. The van der Waals surface area contributed by atoms with Crippen molar-refractivity contribution in [1.29, 1.82) is 0 Å². The fourth-order valence-corrected chi connectivity index (χ4v) is 3.90. The minimum Gasteiger partial charge on any atom is -0.594 e. The van der Waals surface area contributed by atoms with E-state index in [1.165, 1.54) is 88.2 Å². The van der Waals surface area contributed by atoms with Gasteiger partial charge in [-0.3, -0.25) is 0 Å². The number of nitrogens with zero attached hydrogens (tertiary/aromatic N) is 2. The van der Waals surface area contributed by atoms with Gasteiger partial charge in [-0.25, -0.2) is 0 Å². The van der Waals surface area contributed by atoms with Crippen LogP contribution in [0.25, 0.3) is 0 Å². The van der Waals surface area contributed by atoms with E-state index in [1.807, 2.05) is 24.3 Å². The monoisotopic (exact) mass is 422 g/mol. The summed E-state index contributed by atoms with van der Waals surface area (Å²) in [4.78, 5) is 0.733. The van der Waals surface area contributed by atoms with Crippen molar-refractivity contribution in [3.05, 3.63) is 64.9 Å². The molecule has 3 nitrogen and oxygen atoms in total. The molecule has 31 heavy (non-hydrogen) atoms. The number of aryl methyl sites for hydroxylation is 2. The number of rotatable bonds is 16.